The van der Waals surface area contributed by atoms with Crippen molar-refractivity contribution in [3.8, 4) is 5.88 Å². The molecular weight excluding hydrogens is 352 g/mol. The summed E-state index contributed by atoms with van der Waals surface area (Å²) >= 11 is 0. The molecule has 1 atom stereocenters. The largest absolute Gasteiger partial charge is 0.472 e. The van der Waals surface area contributed by atoms with Crippen LogP contribution in [0.2, 0.25) is 0 Å². The molecule has 0 radical (unpaired) electrons. The number of likely N-dealkylation sites (tertiary alicyclic amines) is 1. The van der Waals surface area contributed by atoms with Crippen molar-refractivity contribution in [2.45, 2.75) is 32.9 Å². The monoisotopic (exact) mass is 376 g/mol. The van der Waals surface area contributed by atoms with Crippen LogP contribution in [0.25, 0.3) is 10.8 Å². The van der Waals surface area contributed by atoms with E-state index < -0.39 is 0 Å². The SMILES string of the molecule is Cc1cc(O[C@@H]2CCN(C(=O)NCc3cccc4ccccc34)C2)nc(C)n1. The van der Waals surface area contributed by atoms with Crippen molar-refractivity contribution < 1.29 is 9.53 Å². The summed E-state index contributed by atoms with van der Waals surface area (Å²) in [6.07, 6.45) is 0.751. The van der Waals surface area contributed by atoms with Gasteiger partial charge in [-0.2, -0.15) is 4.98 Å². The Balaban J connectivity index is 1.34. The van der Waals surface area contributed by atoms with Crippen LogP contribution in [0.4, 0.5) is 4.79 Å². The Morgan fingerprint density at radius 1 is 1.18 bits per heavy atom. The van der Waals surface area contributed by atoms with E-state index in [0.717, 1.165) is 17.7 Å². The van der Waals surface area contributed by atoms with E-state index in [-0.39, 0.29) is 12.1 Å². The Hall–Kier alpha value is -3.15. The van der Waals surface area contributed by atoms with Crippen molar-refractivity contribution in [3.05, 3.63) is 65.6 Å². The van der Waals surface area contributed by atoms with E-state index in [1.807, 2.05) is 38.1 Å². The minimum Gasteiger partial charge on any atom is -0.472 e. The Kier molecular flexibility index (Phi) is 5.10. The number of carbonyl (C=O) groups is 1. The number of rotatable bonds is 4. The van der Waals surface area contributed by atoms with Gasteiger partial charge in [-0.1, -0.05) is 42.5 Å². The van der Waals surface area contributed by atoms with Gasteiger partial charge in [-0.05, 0) is 30.2 Å². The first kappa shape index (κ1) is 18.2. The lowest BCUT2D eigenvalue weighted by atomic mass is 10.0. The zero-order chi connectivity index (χ0) is 19.5. The predicted molar refractivity (Wildman–Crippen MR) is 108 cm³/mol. The second kappa shape index (κ2) is 7.84. The minimum atomic E-state index is -0.0610. The number of hydrogen-bond donors (Lipinski definition) is 1. The molecule has 2 aromatic carbocycles. The van der Waals surface area contributed by atoms with Gasteiger partial charge in [-0.3, -0.25) is 0 Å². The van der Waals surface area contributed by atoms with Gasteiger partial charge in [-0.15, -0.1) is 0 Å². The van der Waals surface area contributed by atoms with Gasteiger partial charge >= 0.3 is 6.03 Å². The number of benzene rings is 2. The predicted octanol–water partition coefficient (Wildman–Crippen LogP) is 3.61. The Labute approximate surface area is 164 Å². The van der Waals surface area contributed by atoms with Gasteiger partial charge in [0.25, 0.3) is 0 Å². The second-order valence-electron chi connectivity index (χ2n) is 7.17. The molecule has 1 fully saturated rings. The minimum absolute atomic E-state index is 0.0444. The van der Waals surface area contributed by atoms with E-state index in [9.17, 15) is 4.79 Å². The number of aryl methyl sites for hydroxylation is 2. The van der Waals surface area contributed by atoms with E-state index in [0.29, 0.717) is 31.3 Å². The first-order valence-electron chi connectivity index (χ1n) is 9.57. The average molecular weight is 376 g/mol. The highest BCUT2D eigenvalue weighted by molar-refractivity contribution is 5.86. The van der Waals surface area contributed by atoms with Crippen molar-refractivity contribution in [1.29, 1.82) is 0 Å². The molecule has 0 bridgehead atoms. The molecule has 1 aliphatic heterocycles. The molecule has 2 heterocycles. The van der Waals surface area contributed by atoms with Crippen LogP contribution in [0.5, 0.6) is 5.88 Å². The van der Waals surface area contributed by atoms with E-state index in [1.165, 1.54) is 10.8 Å². The van der Waals surface area contributed by atoms with Gasteiger partial charge < -0.3 is 15.0 Å². The molecule has 1 aromatic heterocycles. The van der Waals surface area contributed by atoms with Crippen LogP contribution >= 0.6 is 0 Å². The lowest BCUT2D eigenvalue weighted by molar-refractivity contribution is 0.182. The first-order valence-corrected chi connectivity index (χ1v) is 9.57. The highest BCUT2D eigenvalue weighted by Crippen LogP contribution is 2.20. The topological polar surface area (TPSA) is 67.3 Å². The van der Waals surface area contributed by atoms with Gasteiger partial charge in [0.1, 0.15) is 11.9 Å². The number of urea groups is 1. The van der Waals surface area contributed by atoms with Crippen molar-refractivity contribution in [2.24, 2.45) is 0 Å². The van der Waals surface area contributed by atoms with Crippen LogP contribution in [-0.2, 0) is 6.54 Å². The quantitative estimate of drug-likeness (QED) is 0.755. The van der Waals surface area contributed by atoms with Crippen molar-refractivity contribution in [3.63, 3.8) is 0 Å². The summed E-state index contributed by atoms with van der Waals surface area (Å²) in [7, 11) is 0. The molecule has 0 unspecified atom stereocenters. The molecule has 6 heteroatoms. The fourth-order valence-corrected chi connectivity index (χ4v) is 3.65. The van der Waals surface area contributed by atoms with E-state index in [2.05, 4.69) is 39.6 Å². The summed E-state index contributed by atoms with van der Waals surface area (Å²) in [6.45, 7) is 5.51. The molecule has 0 saturated carbocycles. The average Bonchev–Trinajstić information content (AvgIpc) is 3.14. The van der Waals surface area contributed by atoms with Gasteiger partial charge in [0.15, 0.2) is 0 Å². The summed E-state index contributed by atoms with van der Waals surface area (Å²) < 4.78 is 5.97. The summed E-state index contributed by atoms with van der Waals surface area (Å²) in [6, 6.07) is 16.1. The lowest BCUT2D eigenvalue weighted by Gasteiger charge is -2.18. The third kappa shape index (κ3) is 4.06. The molecule has 2 amide bonds. The molecule has 144 valence electrons. The molecular formula is C22H24N4O2. The Morgan fingerprint density at radius 2 is 2.00 bits per heavy atom. The molecule has 3 aromatic rings. The van der Waals surface area contributed by atoms with Crippen LogP contribution < -0.4 is 10.1 Å². The number of ether oxygens (including phenoxy) is 1. The van der Waals surface area contributed by atoms with E-state index >= 15 is 0 Å². The van der Waals surface area contributed by atoms with Crippen LogP contribution in [0.1, 0.15) is 23.5 Å². The molecule has 4 rings (SSSR count). The summed E-state index contributed by atoms with van der Waals surface area (Å²) in [5.74, 6) is 1.27. The van der Waals surface area contributed by atoms with Gasteiger partial charge in [0, 0.05) is 31.3 Å². The fraction of sp³-hybridized carbons (Fsp3) is 0.318. The van der Waals surface area contributed by atoms with Gasteiger partial charge in [-0.25, -0.2) is 9.78 Å². The maximum absolute atomic E-state index is 12.6. The molecule has 28 heavy (non-hydrogen) atoms. The van der Waals surface area contributed by atoms with E-state index in [1.54, 1.807) is 4.90 Å². The van der Waals surface area contributed by atoms with E-state index in [4.69, 9.17) is 4.74 Å². The Morgan fingerprint density at radius 3 is 2.86 bits per heavy atom. The number of nitrogens with one attached hydrogen (secondary N) is 1. The number of aromatic nitrogens is 2. The standard InChI is InChI=1S/C22H24N4O2/c1-15-12-21(25-16(2)24-15)28-19-10-11-26(14-19)22(27)23-13-18-8-5-7-17-6-3-4-9-20(17)18/h3-9,12,19H,10-11,13-14H2,1-2H3,(H,23,27)/t19-/m1/s1. The number of amides is 2. The molecule has 0 spiro atoms. The highest BCUT2D eigenvalue weighted by Gasteiger charge is 2.28. The number of nitrogens with zero attached hydrogens (tertiary/aromatic N) is 3. The highest BCUT2D eigenvalue weighted by atomic mass is 16.5. The van der Waals surface area contributed by atoms with Crippen molar-refractivity contribution >= 4 is 16.8 Å². The summed E-state index contributed by atoms with van der Waals surface area (Å²) in [5.41, 5.74) is 2.00. The smallest absolute Gasteiger partial charge is 0.317 e. The third-order valence-electron chi connectivity index (χ3n) is 4.97. The maximum Gasteiger partial charge on any atom is 0.317 e. The summed E-state index contributed by atoms with van der Waals surface area (Å²) in [5, 5.41) is 5.39. The second-order valence-corrected chi connectivity index (χ2v) is 7.17. The van der Waals surface area contributed by atoms with Crippen LogP contribution in [0, 0.1) is 13.8 Å². The zero-order valence-corrected chi connectivity index (χ0v) is 16.2. The van der Waals surface area contributed by atoms with Crippen molar-refractivity contribution in [1.82, 2.24) is 20.2 Å². The first-order chi connectivity index (χ1) is 13.6. The summed E-state index contributed by atoms with van der Waals surface area (Å²) in [4.78, 5) is 23.0. The van der Waals surface area contributed by atoms with Crippen LogP contribution in [0.15, 0.2) is 48.5 Å². The van der Waals surface area contributed by atoms with Gasteiger partial charge in [0.05, 0.1) is 6.54 Å². The van der Waals surface area contributed by atoms with Crippen LogP contribution in [-0.4, -0.2) is 40.1 Å². The van der Waals surface area contributed by atoms with Crippen molar-refractivity contribution in [2.75, 3.05) is 13.1 Å². The molecule has 0 aliphatic carbocycles. The number of hydrogen-bond acceptors (Lipinski definition) is 4. The third-order valence-corrected chi connectivity index (χ3v) is 4.97. The molecule has 6 nitrogen and oxygen atoms in total. The maximum atomic E-state index is 12.6. The number of carbonyl (C=O) groups excluding carboxylic acids is 1. The lowest BCUT2D eigenvalue weighted by Crippen LogP contribution is -2.39. The number of fused-ring (bicyclic) bond motifs is 1. The fourth-order valence-electron chi connectivity index (χ4n) is 3.65. The zero-order valence-electron chi connectivity index (χ0n) is 16.2. The molecule has 1 N–H and O–H groups in total. The molecule has 1 aliphatic rings. The van der Waals surface area contributed by atoms with Crippen LogP contribution in [0.3, 0.4) is 0 Å². The Bertz CT molecular complexity index is 979. The molecule has 1 saturated heterocycles. The van der Waals surface area contributed by atoms with Gasteiger partial charge in [0.2, 0.25) is 5.88 Å². The normalized spacial score (nSPS) is 16.4.